The molecule has 64 valence electrons. The molecule has 2 rings (SSSR count). The van der Waals surface area contributed by atoms with E-state index >= 15 is 0 Å². The molecule has 0 saturated heterocycles. The van der Waals surface area contributed by atoms with E-state index < -0.39 is 0 Å². The van der Waals surface area contributed by atoms with E-state index in [0.717, 1.165) is 5.22 Å². The average Bonchev–Trinajstić information content (AvgIpc) is 2.13. The van der Waals surface area contributed by atoms with Crippen LogP contribution < -0.4 is 10.4 Å². The molecule has 1 aromatic carbocycles. The maximum absolute atomic E-state index is 11.1. The number of carbonyl (C=O) groups excluding carboxylic acids is 1. The van der Waals surface area contributed by atoms with Crippen LogP contribution in [0.15, 0.2) is 36.4 Å². The minimum atomic E-state index is 0.158. The third kappa shape index (κ3) is 1.75. The van der Waals surface area contributed by atoms with Gasteiger partial charge >= 0.3 is 0 Å². The van der Waals surface area contributed by atoms with Gasteiger partial charge in [0.15, 0.2) is 5.78 Å². The molecule has 0 bridgehead atoms. The van der Waals surface area contributed by atoms with Crippen LogP contribution in [0.2, 0.25) is 0 Å². The largest absolute Gasteiger partial charge is 0.295 e. The highest BCUT2D eigenvalue weighted by Gasteiger charge is 1.94. The standard InChI is InChI=1S/C12H10O/c13-12-7-3-6-10-4-1-2-5-11(10)8-9-12/h1-8H,9H2/b7-3-,10-6-,11-8-. The van der Waals surface area contributed by atoms with Crippen molar-refractivity contribution in [1.82, 2.24) is 0 Å². The maximum Gasteiger partial charge on any atom is 0.159 e. The first-order valence-corrected chi connectivity index (χ1v) is 4.33. The average molecular weight is 170 g/mol. The van der Waals surface area contributed by atoms with E-state index in [4.69, 9.17) is 0 Å². The molecule has 0 amide bonds. The molecule has 0 N–H and O–H groups in total. The highest BCUT2D eigenvalue weighted by Crippen LogP contribution is 1.90. The van der Waals surface area contributed by atoms with Crippen LogP contribution in [0.4, 0.5) is 0 Å². The molecule has 1 heteroatoms. The molecule has 0 spiro atoms. The van der Waals surface area contributed by atoms with Gasteiger partial charge < -0.3 is 0 Å². The molecule has 0 radical (unpaired) electrons. The lowest BCUT2D eigenvalue weighted by Crippen LogP contribution is -2.24. The summed E-state index contributed by atoms with van der Waals surface area (Å²) < 4.78 is 0. The van der Waals surface area contributed by atoms with Crippen molar-refractivity contribution < 1.29 is 4.79 Å². The van der Waals surface area contributed by atoms with Crippen LogP contribution in [0.1, 0.15) is 6.42 Å². The van der Waals surface area contributed by atoms with E-state index in [1.54, 1.807) is 6.08 Å². The fourth-order valence-corrected chi connectivity index (χ4v) is 1.39. The van der Waals surface area contributed by atoms with Gasteiger partial charge in [0, 0.05) is 6.42 Å². The second-order valence-electron chi connectivity index (χ2n) is 3.03. The molecule has 13 heavy (non-hydrogen) atoms. The summed E-state index contributed by atoms with van der Waals surface area (Å²) >= 11 is 0. The zero-order valence-corrected chi connectivity index (χ0v) is 7.23. The summed E-state index contributed by atoms with van der Waals surface area (Å²) in [5.41, 5.74) is 0. The monoisotopic (exact) mass is 170 g/mol. The summed E-state index contributed by atoms with van der Waals surface area (Å²) in [6.45, 7) is 0. The first kappa shape index (κ1) is 7.99. The summed E-state index contributed by atoms with van der Waals surface area (Å²) in [6, 6.07) is 8.06. The Morgan fingerprint density at radius 1 is 1.08 bits per heavy atom. The SMILES string of the molecule is O=C1\C=C/C=c2/cccc/c2=C/C1. The topological polar surface area (TPSA) is 17.1 Å². The van der Waals surface area contributed by atoms with Gasteiger partial charge in [0.1, 0.15) is 0 Å². The van der Waals surface area contributed by atoms with Crippen molar-refractivity contribution in [3.05, 3.63) is 46.9 Å². The van der Waals surface area contributed by atoms with Gasteiger partial charge in [0.05, 0.1) is 0 Å². The number of hydrogen-bond donors (Lipinski definition) is 0. The highest BCUT2D eigenvalue weighted by atomic mass is 16.1. The van der Waals surface area contributed by atoms with E-state index in [1.807, 2.05) is 42.5 Å². The lowest BCUT2D eigenvalue weighted by atomic mass is 10.1. The van der Waals surface area contributed by atoms with Gasteiger partial charge in [-0.2, -0.15) is 0 Å². The number of allylic oxidation sites excluding steroid dienone is 2. The van der Waals surface area contributed by atoms with Crippen LogP contribution in [0.25, 0.3) is 12.2 Å². The number of benzene rings is 1. The van der Waals surface area contributed by atoms with Crippen LogP contribution in [-0.2, 0) is 4.79 Å². The lowest BCUT2D eigenvalue weighted by molar-refractivity contribution is -0.113. The minimum Gasteiger partial charge on any atom is -0.295 e. The predicted molar refractivity (Wildman–Crippen MR) is 53.4 cm³/mol. The molecule has 0 unspecified atom stereocenters. The zero-order valence-electron chi connectivity index (χ0n) is 7.23. The lowest BCUT2D eigenvalue weighted by Gasteiger charge is -1.93. The van der Waals surface area contributed by atoms with Crippen molar-refractivity contribution in [3.63, 3.8) is 0 Å². The Bertz CT molecular complexity index is 466. The van der Waals surface area contributed by atoms with Crippen molar-refractivity contribution in [3.8, 4) is 0 Å². The number of rotatable bonds is 0. The number of hydrogen-bond acceptors (Lipinski definition) is 1. The van der Waals surface area contributed by atoms with Crippen molar-refractivity contribution in [1.29, 1.82) is 0 Å². The molecule has 1 aliphatic carbocycles. The Hall–Kier alpha value is -1.63. The Balaban J connectivity index is 2.69. The van der Waals surface area contributed by atoms with Crippen molar-refractivity contribution in [2.24, 2.45) is 0 Å². The van der Waals surface area contributed by atoms with E-state index in [0.29, 0.717) is 6.42 Å². The first-order valence-electron chi connectivity index (χ1n) is 4.33. The van der Waals surface area contributed by atoms with Gasteiger partial charge in [-0.25, -0.2) is 0 Å². The van der Waals surface area contributed by atoms with E-state index in [2.05, 4.69) is 0 Å². The van der Waals surface area contributed by atoms with Crippen LogP contribution >= 0.6 is 0 Å². The predicted octanol–water partition coefficient (Wildman–Crippen LogP) is 0.777. The fraction of sp³-hybridized carbons (Fsp3) is 0.0833. The Labute approximate surface area is 76.7 Å². The number of ketones is 1. The van der Waals surface area contributed by atoms with Crippen LogP contribution in [0.5, 0.6) is 0 Å². The molecule has 1 aromatic rings. The molecule has 1 nitrogen and oxygen atoms in total. The van der Waals surface area contributed by atoms with E-state index in [1.165, 1.54) is 5.22 Å². The summed E-state index contributed by atoms with van der Waals surface area (Å²) in [5, 5.41) is 2.31. The van der Waals surface area contributed by atoms with Gasteiger partial charge in [-0.05, 0) is 16.5 Å². The summed E-state index contributed by atoms with van der Waals surface area (Å²) in [5.74, 6) is 0.158. The third-order valence-electron chi connectivity index (χ3n) is 2.08. The molecule has 0 fully saturated rings. The molecule has 0 aliphatic heterocycles. The van der Waals surface area contributed by atoms with Crippen LogP contribution in [0, 0.1) is 0 Å². The van der Waals surface area contributed by atoms with E-state index in [9.17, 15) is 4.79 Å². The molecule has 0 saturated carbocycles. The number of fused-ring (bicyclic) bond motifs is 1. The summed E-state index contributed by atoms with van der Waals surface area (Å²) in [6.07, 6.45) is 7.86. The van der Waals surface area contributed by atoms with Crippen molar-refractivity contribution >= 4 is 17.9 Å². The smallest absolute Gasteiger partial charge is 0.159 e. The summed E-state index contributed by atoms with van der Waals surface area (Å²) in [4.78, 5) is 11.1. The van der Waals surface area contributed by atoms with Gasteiger partial charge in [0.2, 0.25) is 0 Å². The molecule has 0 aromatic heterocycles. The number of carbonyl (C=O) groups is 1. The minimum absolute atomic E-state index is 0.158. The van der Waals surface area contributed by atoms with Gasteiger partial charge in [-0.1, -0.05) is 42.5 Å². The summed E-state index contributed by atoms with van der Waals surface area (Å²) in [7, 11) is 0. The molecular weight excluding hydrogens is 160 g/mol. The van der Waals surface area contributed by atoms with E-state index in [-0.39, 0.29) is 5.78 Å². The normalized spacial score (nSPS) is 22.6. The Kier molecular flexibility index (Phi) is 2.09. The molecule has 0 heterocycles. The Morgan fingerprint density at radius 2 is 1.85 bits per heavy atom. The van der Waals surface area contributed by atoms with Crippen LogP contribution in [0.3, 0.4) is 0 Å². The maximum atomic E-state index is 11.1. The quantitative estimate of drug-likeness (QED) is 0.562. The Morgan fingerprint density at radius 3 is 2.69 bits per heavy atom. The molecule has 1 aliphatic rings. The van der Waals surface area contributed by atoms with Crippen molar-refractivity contribution in [2.45, 2.75) is 6.42 Å². The van der Waals surface area contributed by atoms with Gasteiger partial charge in [-0.3, -0.25) is 4.79 Å². The van der Waals surface area contributed by atoms with Gasteiger partial charge in [0.25, 0.3) is 0 Å². The van der Waals surface area contributed by atoms with Crippen LogP contribution in [-0.4, -0.2) is 5.78 Å². The zero-order chi connectivity index (χ0) is 9.10. The highest BCUT2D eigenvalue weighted by molar-refractivity contribution is 5.94. The molecular formula is C12H10O. The first-order chi connectivity index (χ1) is 6.36. The van der Waals surface area contributed by atoms with Gasteiger partial charge in [-0.15, -0.1) is 0 Å². The third-order valence-corrected chi connectivity index (χ3v) is 2.08. The fourth-order valence-electron chi connectivity index (χ4n) is 1.39. The molecule has 0 atom stereocenters. The second kappa shape index (κ2) is 3.40. The van der Waals surface area contributed by atoms with Crippen molar-refractivity contribution in [2.75, 3.05) is 0 Å². The second-order valence-corrected chi connectivity index (χ2v) is 3.03.